The highest BCUT2D eigenvalue weighted by molar-refractivity contribution is 9.10. The first-order valence-corrected chi connectivity index (χ1v) is 5.80. The van der Waals surface area contributed by atoms with E-state index in [0.29, 0.717) is 10.3 Å². The number of aromatic nitrogens is 2. The predicted molar refractivity (Wildman–Crippen MR) is 69.5 cm³/mol. The van der Waals surface area contributed by atoms with E-state index >= 15 is 0 Å². The van der Waals surface area contributed by atoms with Gasteiger partial charge in [0.05, 0.1) is 0 Å². The lowest BCUT2D eigenvalue weighted by molar-refractivity contribution is 0.104. The van der Waals surface area contributed by atoms with E-state index in [4.69, 9.17) is 0 Å². The Kier molecular flexibility index (Phi) is 3.77. The maximum atomic E-state index is 11.8. The maximum Gasteiger partial charge on any atom is 0.204 e. The van der Waals surface area contributed by atoms with Crippen molar-refractivity contribution < 1.29 is 4.79 Å². The molecule has 0 radical (unpaired) electrons. The molecule has 2 rings (SSSR count). The predicted octanol–water partition coefficient (Wildman–Crippen LogP) is 3.14. The van der Waals surface area contributed by atoms with Crippen LogP contribution >= 0.6 is 15.9 Å². The molecule has 0 aliphatic heterocycles. The van der Waals surface area contributed by atoms with Crippen molar-refractivity contribution in [1.29, 1.82) is 0 Å². The molecule has 84 valence electrons. The molecule has 17 heavy (non-hydrogen) atoms. The summed E-state index contributed by atoms with van der Waals surface area (Å²) in [7, 11) is 0. The average Bonchev–Trinajstić information content (AvgIpc) is 2.37. The minimum Gasteiger partial charge on any atom is -0.288 e. The number of rotatable bonds is 3. The molecule has 0 amide bonds. The molecule has 2 aromatic rings. The van der Waals surface area contributed by atoms with Gasteiger partial charge < -0.3 is 0 Å². The summed E-state index contributed by atoms with van der Waals surface area (Å²) in [4.78, 5) is 19.8. The van der Waals surface area contributed by atoms with Gasteiger partial charge in [-0.15, -0.1) is 0 Å². The summed E-state index contributed by atoms with van der Waals surface area (Å²) in [6, 6.07) is 8.94. The van der Waals surface area contributed by atoms with Crippen LogP contribution in [0.25, 0.3) is 6.08 Å². The number of ketones is 1. The van der Waals surface area contributed by atoms with Gasteiger partial charge in [-0.1, -0.05) is 12.1 Å². The van der Waals surface area contributed by atoms with Crippen LogP contribution in [-0.4, -0.2) is 15.8 Å². The normalized spacial score (nSPS) is 10.6. The maximum absolute atomic E-state index is 11.8. The van der Waals surface area contributed by atoms with Crippen molar-refractivity contribution in [3.05, 3.63) is 64.7 Å². The zero-order valence-electron chi connectivity index (χ0n) is 8.88. The highest BCUT2D eigenvalue weighted by Crippen LogP contribution is 2.08. The van der Waals surface area contributed by atoms with E-state index < -0.39 is 0 Å². The second-order valence-corrected chi connectivity index (χ2v) is 4.14. The molecule has 2 aromatic heterocycles. The standard InChI is InChI=1S/C13H9BrN2O/c14-13-5-1-4-11(16-13)12(17)7-6-10-3-2-8-15-9-10/h1-9H. The molecule has 3 nitrogen and oxygen atoms in total. The lowest BCUT2D eigenvalue weighted by Crippen LogP contribution is -1.97. The summed E-state index contributed by atoms with van der Waals surface area (Å²) < 4.78 is 0.651. The van der Waals surface area contributed by atoms with Crippen LogP contribution in [0, 0.1) is 0 Å². The zero-order valence-corrected chi connectivity index (χ0v) is 10.5. The van der Waals surface area contributed by atoms with Crippen LogP contribution in [0.1, 0.15) is 16.1 Å². The molecule has 0 atom stereocenters. The molecule has 0 saturated carbocycles. The minimum absolute atomic E-state index is 0.129. The third kappa shape index (κ3) is 3.32. The summed E-state index contributed by atoms with van der Waals surface area (Å²) in [5.74, 6) is -0.129. The summed E-state index contributed by atoms with van der Waals surface area (Å²) in [6.07, 6.45) is 6.59. The summed E-state index contributed by atoms with van der Waals surface area (Å²) in [5, 5.41) is 0. The number of carbonyl (C=O) groups excluding carboxylic acids is 1. The van der Waals surface area contributed by atoms with Crippen molar-refractivity contribution in [3.63, 3.8) is 0 Å². The second kappa shape index (κ2) is 5.50. The van der Waals surface area contributed by atoms with Gasteiger partial charge in [-0.2, -0.15) is 0 Å². The van der Waals surface area contributed by atoms with Gasteiger partial charge in [-0.05, 0) is 51.8 Å². The second-order valence-electron chi connectivity index (χ2n) is 3.33. The number of carbonyl (C=O) groups is 1. The van der Waals surface area contributed by atoms with E-state index in [-0.39, 0.29) is 5.78 Å². The molecule has 0 aliphatic carbocycles. The van der Waals surface area contributed by atoms with Gasteiger partial charge in [-0.25, -0.2) is 4.98 Å². The van der Waals surface area contributed by atoms with Crippen LogP contribution in [0.3, 0.4) is 0 Å². The molecular formula is C13H9BrN2O. The molecule has 0 bridgehead atoms. The van der Waals surface area contributed by atoms with Crippen LogP contribution in [-0.2, 0) is 0 Å². The molecule has 0 fully saturated rings. The topological polar surface area (TPSA) is 42.9 Å². The quantitative estimate of drug-likeness (QED) is 0.495. The Morgan fingerprint density at radius 1 is 1.24 bits per heavy atom. The van der Waals surface area contributed by atoms with E-state index in [1.165, 1.54) is 6.08 Å². The van der Waals surface area contributed by atoms with Crippen molar-refractivity contribution >= 4 is 27.8 Å². The number of pyridine rings is 2. The van der Waals surface area contributed by atoms with Gasteiger partial charge >= 0.3 is 0 Å². The van der Waals surface area contributed by atoms with E-state index in [1.54, 1.807) is 36.7 Å². The molecule has 0 aliphatic rings. The van der Waals surface area contributed by atoms with Crippen molar-refractivity contribution in [1.82, 2.24) is 9.97 Å². The lowest BCUT2D eigenvalue weighted by atomic mass is 10.2. The van der Waals surface area contributed by atoms with E-state index in [9.17, 15) is 4.79 Å². The Morgan fingerprint density at radius 3 is 2.82 bits per heavy atom. The Balaban J connectivity index is 2.15. The average molecular weight is 289 g/mol. The van der Waals surface area contributed by atoms with Crippen LogP contribution in [0.15, 0.2) is 53.4 Å². The van der Waals surface area contributed by atoms with Crippen LogP contribution < -0.4 is 0 Å². The van der Waals surface area contributed by atoms with Gasteiger partial charge in [0, 0.05) is 12.4 Å². The highest BCUT2D eigenvalue weighted by atomic mass is 79.9. The Labute approximate surface area is 107 Å². The molecule has 0 saturated heterocycles. The number of hydrogen-bond acceptors (Lipinski definition) is 3. The Bertz CT molecular complexity index is 552. The first-order chi connectivity index (χ1) is 8.25. The van der Waals surface area contributed by atoms with Crippen LogP contribution in [0.5, 0.6) is 0 Å². The largest absolute Gasteiger partial charge is 0.288 e. The fourth-order valence-corrected chi connectivity index (χ4v) is 1.62. The molecule has 0 N–H and O–H groups in total. The van der Waals surface area contributed by atoms with Gasteiger partial charge in [0.25, 0.3) is 0 Å². The fourth-order valence-electron chi connectivity index (χ4n) is 1.28. The Morgan fingerprint density at radius 2 is 2.12 bits per heavy atom. The third-order valence-electron chi connectivity index (χ3n) is 2.08. The fraction of sp³-hybridized carbons (Fsp3) is 0. The summed E-state index contributed by atoms with van der Waals surface area (Å²) in [6.45, 7) is 0. The highest BCUT2D eigenvalue weighted by Gasteiger charge is 2.03. The summed E-state index contributed by atoms with van der Waals surface area (Å²) in [5.41, 5.74) is 1.30. The van der Waals surface area contributed by atoms with Crippen molar-refractivity contribution in [2.75, 3.05) is 0 Å². The number of allylic oxidation sites excluding steroid dienone is 1. The van der Waals surface area contributed by atoms with Gasteiger partial charge in [0.1, 0.15) is 10.3 Å². The first-order valence-electron chi connectivity index (χ1n) is 5.01. The molecular weight excluding hydrogens is 280 g/mol. The van der Waals surface area contributed by atoms with Crippen molar-refractivity contribution in [3.8, 4) is 0 Å². The molecule has 4 heteroatoms. The molecule has 0 unspecified atom stereocenters. The van der Waals surface area contributed by atoms with E-state index in [2.05, 4.69) is 25.9 Å². The molecule has 0 spiro atoms. The number of nitrogens with zero attached hydrogens (tertiary/aromatic N) is 2. The van der Waals surface area contributed by atoms with Gasteiger partial charge in [0.15, 0.2) is 0 Å². The monoisotopic (exact) mass is 288 g/mol. The number of hydrogen-bond donors (Lipinski definition) is 0. The third-order valence-corrected chi connectivity index (χ3v) is 2.52. The van der Waals surface area contributed by atoms with Crippen LogP contribution in [0.2, 0.25) is 0 Å². The molecule has 2 heterocycles. The van der Waals surface area contributed by atoms with E-state index in [0.717, 1.165) is 5.56 Å². The van der Waals surface area contributed by atoms with Gasteiger partial charge in [-0.3, -0.25) is 9.78 Å². The zero-order chi connectivity index (χ0) is 12.1. The smallest absolute Gasteiger partial charge is 0.204 e. The summed E-state index contributed by atoms with van der Waals surface area (Å²) >= 11 is 3.23. The van der Waals surface area contributed by atoms with Crippen molar-refractivity contribution in [2.24, 2.45) is 0 Å². The minimum atomic E-state index is -0.129. The van der Waals surface area contributed by atoms with Gasteiger partial charge in [0.2, 0.25) is 5.78 Å². The van der Waals surface area contributed by atoms with E-state index in [1.807, 2.05) is 12.1 Å². The lowest BCUT2D eigenvalue weighted by Gasteiger charge is -1.95. The Hall–Kier alpha value is -1.81. The first kappa shape index (κ1) is 11.7. The molecule has 0 aromatic carbocycles. The SMILES string of the molecule is O=C(C=Cc1cccnc1)c1cccc(Br)n1. The van der Waals surface area contributed by atoms with Crippen LogP contribution in [0.4, 0.5) is 0 Å². The van der Waals surface area contributed by atoms with Crippen molar-refractivity contribution in [2.45, 2.75) is 0 Å². The number of halogens is 1.